The number of imidazole rings is 1. The number of fused-ring (bicyclic) bond motifs is 4. The molecule has 0 radical (unpaired) electrons. The Balaban J connectivity index is 0.00000458. The molecule has 2 heterocycles. The molecule has 1 aliphatic rings. The first-order valence-corrected chi connectivity index (χ1v) is 20.7. The summed E-state index contributed by atoms with van der Waals surface area (Å²) in [5.74, 6) is 0.830. The summed E-state index contributed by atoms with van der Waals surface area (Å²) in [6.45, 7) is 4.63. The Morgan fingerprint density at radius 1 is 0.516 bits per heavy atom. The van der Waals surface area contributed by atoms with Crippen molar-refractivity contribution in [3.8, 4) is 89.7 Å². The summed E-state index contributed by atoms with van der Waals surface area (Å²) >= 11 is 0. The fraction of sp³-hybridized carbons (Fsp3) is 0.0526. The number of rotatable bonds is 7. The van der Waals surface area contributed by atoms with E-state index in [4.69, 9.17) is 9.97 Å². The Bertz CT molecular complexity index is 3280. The number of aromatic nitrogens is 3. The van der Waals surface area contributed by atoms with E-state index in [-0.39, 0.29) is 32.2 Å². The molecule has 0 aliphatic heterocycles. The van der Waals surface area contributed by atoms with E-state index in [1.54, 1.807) is 6.07 Å². The number of hydrogen-bond donors (Lipinski definition) is 1. The molecular formula is C57H40N3OPt-. The number of phenols is 1. The molecule has 10 aromatic rings. The number of pyridine rings is 1. The molecular weight excluding hydrogens is 938 g/mol. The van der Waals surface area contributed by atoms with Crippen LogP contribution in [-0.4, -0.2) is 19.6 Å². The van der Waals surface area contributed by atoms with E-state index in [1.165, 1.54) is 33.4 Å². The third-order valence-corrected chi connectivity index (χ3v) is 12.3. The van der Waals surface area contributed by atoms with Gasteiger partial charge in [0, 0.05) is 38.5 Å². The Hall–Kier alpha value is -7.13. The fourth-order valence-corrected chi connectivity index (χ4v) is 9.35. The normalized spacial score (nSPS) is 12.4. The van der Waals surface area contributed by atoms with Crippen molar-refractivity contribution in [3.05, 3.63) is 218 Å². The van der Waals surface area contributed by atoms with Gasteiger partial charge >= 0.3 is 0 Å². The number of para-hydroxylation sites is 3. The Morgan fingerprint density at radius 3 is 1.85 bits per heavy atom. The fourth-order valence-electron chi connectivity index (χ4n) is 9.35. The molecule has 1 N–H and O–H groups in total. The van der Waals surface area contributed by atoms with E-state index in [2.05, 4.69) is 182 Å². The summed E-state index contributed by atoms with van der Waals surface area (Å²) in [7, 11) is 0. The smallest absolute Gasteiger partial charge is 0.148 e. The second-order valence-corrected chi connectivity index (χ2v) is 16.2. The predicted molar refractivity (Wildman–Crippen MR) is 250 cm³/mol. The summed E-state index contributed by atoms with van der Waals surface area (Å²) < 4.78 is 2.20. The summed E-state index contributed by atoms with van der Waals surface area (Å²) in [5.41, 5.74) is 18.4. The maximum Gasteiger partial charge on any atom is 0.148 e. The standard InChI is InChI=1S/C57H40N3O.Pt/c1-57(2)49-24-12-9-21-44(49)47-34-42(50-36-41(32-33-58-50)39-30-28-38(29-31-39)37-16-5-3-6-17-37)35-48(54(47)57)45-23-15-26-52-55(45)59-56(46-22-11-14-27-53(46)61)60(52)51-25-13-10-20-43(51)40-18-7-4-8-19-40;/h3-34,36,61H,1-2H3;/q-1;. The van der Waals surface area contributed by atoms with Gasteiger partial charge in [-0.05, 0) is 74.7 Å². The van der Waals surface area contributed by atoms with Crippen LogP contribution in [-0.2, 0) is 26.5 Å². The molecule has 5 heteroatoms. The van der Waals surface area contributed by atoms with Crippen molar-refractivity contribution >= 4 is 11.0 Å². The van der Waals surface area contributed by atoms with E-state index in [9.17, 15) is 5.11 Å². The molecule has 300 valence electrons. The largest absolute Gasteiger partial charge is 0.507 e. The molecule has 0 fully saturated rings. The molecule has 0 bridgehead atoms. The molecule has 0 amide bonds. The zero-order valence-corrected chi connectivity index (χ0v) is 36.4. The molecule has 11 rings (SSSR count). The van der Waals surface area contributed by atoms with Crippen LogP contribution in [0.4, 0.5) is 0 Å². The minimum absolute atomic E-state index is 0. The monoisotopic (exact) mass is 977 g/mol. The van der Waals surface area contributed by atoms with Crippen molar-refractivity contribution in [3.63, 3.8) is 0 Å². The van der Waals surface area contributed by atoms with Crippen LogP contribution in [0.15, 0.2) is 200 Å². The molecule has 0 saturated carbocycles. The van der Waals surface area contributed by atoms with E-state index in [0.29, 0.717) is 11.4 Å². The van der Waals surface area contributed by atoms with Gasteiger partial charge in [0.15, 0.2) is 0 Å². The van der Waals surface area contributed by atoms with Crippen LogP contribution in [0.2, 0.25) is 0 Å². The van der Waals surface area contributed by atoms with Crippen molar-refractivity contribution in [2.75, 3.05) is 0 Å². The number of aromatic hydroxyl groups is 1. The number of phenolic OH excluding ortho intramolecular Hbond substituents is 1. The van der Waals surface area contributed by atoms with Crippen molar-refractivity contribution in [2.45, 2.75) is 19.3 Å². The summed E-state index contributed by atoms with van der Waals surface area (Å²) in [5, 5.41) is 11.4. The minimum atomic E-state index is -0.322. The van der Waals surface area contributed by atoms with Gasteiger partial charge in [0.05, 0.1) is 22.3 Å². The van der Waals surface area contributed by atoms with Crippen molar-refractivity contribution in [1.82, 2.24) is 14.5 Å². The van der Waals surface area contributed by atoms with Crippen LogP contribution in [0.25, 0.3) is 95.0 Å². The van der Waals surface area contributed by atoms with Crippen molar-refractivity contribution in [2.24, 2.45) is 0 Å². The zero-order valence-electron chi connectivity index (χ0n) is 34.2. The number of benzene rings is 8. The van der Waals surface area contributed by atoms with E-state index < -0.39 is 0 Å². The quantitative estimate of drug-likeness (QED) is 0.162. The first kappa shape index (κ1) is 39.0. The van der Waals surface area contributed by atoms with Gasteiger partial charge in [0.2, 0.25) is 0 Å². The van der Waals surface area contributed by atoms with Gasteiger partial charge in [-0.2, -0.15) is 0 Å². The maximum atomic E-state index is 11.4. The first-order valence-electron chi connectivity index (χ1n) is 20.7. The molecule has 0 unspecified atom stereocenters. The minimum Gasteiger partial charge on any atom is -0.507 e. The summed E-state index contributed by atoms with van der Waals surface area (Å²) in [6.07, 6.45) is 1.90. The second kappa shape index (κ2) is 15.7. The molecule has 62 heavy (non-hydrogen) atoms. The summed E-state index contributed by atoms with van der Waals surface area (Å²) in [4.78, 5) is 10.5. The van der Waals surface area contributed by atoms with Crippen molar-refractivity contribution < 1.29 is 26.2 Å². The molecule has 0 saturated heterocycles. The molecule has 2 aromatic heterocycles. The van der Waals surface area contributed by atoms with E-state index >= 15 is 0 Å². The molecule has 8 aromatic carbocycles. The van der Waals surface area contributed by atoms with Crippen LogP contribution >= 0.6 is 0 Å². The molecule has 0 spiro atoms. The number of nitrogens with zero attached hydrogens (tertiary/aromatic N) is 3. The Morgan fingerprint density at radius 2 is 1.11 bits per heavy atom. The maximum absolute atomic E-state index is 11.4. The third-order valence-electron chi connectivity index (χ3n) is 12.3. The average Bonchev–Trinajstić information content (AvgIpc) is 3.82. The van der Waals surface area contributed by atoms with Gasteiger partial charge in [-0.1, -0.05) is 194 Å². The Labute approximate surface area is 376 Å². The molecule has 1 aliphatic carbocycles. The summed E-state index contributed by atoms with van der Waals surface area (Å²) in [6, 6.07) is 71.2. The van der Waals surface area contributed by atoms with Gasteiger partial charge in [-0.25, -0.2) is 4.98 Å². The van der Waals surface area contributed by atoms with Gasteiger partial charge in [-0.3, -0.25) is 9.55 Å². The van der Waals surface area contributed by atoms with Crippen molar-refractivity contribution in [1.29, 1.82) is 0 Å². The van der Waals surface area contributed by atoms with Crippen LogP contribution in [0.5, 0.6) is 5.75 Å². The second-order valence-electron chi connectivity index (χ2n) is 16.2. The van der Waals surface area contributed by atoms with E-state index in [0.717, 1.165) is 61.4 Å². The molecule has 4 nitrogen and oxygen atoms in total. The van der Waals surface area contributed by atoms with Gasteiger partial charge in [-0.15, -0.1) is 17.7 Å². The molecule has 0 atom stereocenters. The van der Waals surface area contributed by atoms with Gasteiger partial charge < -0.3 is 5.11 Å². The first-order chi connectivity index (χ1) is 29.9. The van der Waals surface area contributed by atoms with Crippen LogP contribution in [0, 0.1) is 6.07 Å². The van der Waals surface area contributed by atoms with Gasteiger partial charge in [0.25, 0.3) is 0 Å². The Kier molecular flexibility index (Phi) is 9.90. The average molecular weight is 978 g/mol. The van der Waals surface area contributed by atoms with Crippen LogP contribution in [0.3, 0.4) is 0 Å². The zero-order chi connectivity index (χ0) is 41.1. The topological polar surface area (TPSA) is 50.9 Å². The number of hydrogen-bond acceptors (Lipinski definition) is 3. The van der Waals surface area contributed by atoms with Crippen LogP contribution < -0.4 is 0 Å². The van der Waals surface area contributed by atoms with Crippen LogP contribution in [0.1, 0.15) is 25.0 Å². The SMILES string of the molecule is CC1(C)c2ccccc2-c2cc(-c3cc(-c4ccc(-c5ccccc5)cc4)ccn3)[c-]c(-c3cccc4c3nc(-c3ccccc3O)n4-c3ccccc3-c3ccccc3)c21.[Pt]. The van der Waals surface area contributed by atoms with Gasteiger partial charge in [0.1, 0.15) is 11.6 Å². The third kappa shape index (κ3) is 6.51. The predicted octanol–water partition coefficient (Wildman–Crippen LogP) is 14.2. The van der Waals surface area contributed by atoms with E-state index in [1.807, 2.05) is 36.5 Å².